The molecule has 3 nitrogen and oxygen atoms in total. The summed E-state index contributed by atoms with van der Waals surface area (Å²) in [5.41, 5.74) is 3.62. The zero-order valence-electron chi connectivity index (χ0n) is 10.9. The maximum absolute atomic E-state index is 12.3. The number of Topliss-reactive ketones (excluding diaryl/α,β-unsaturated/α-hetero) is 1. The Kier molecular flexibility index (Phi) is 3.36. The topological polar surface area (TPSA) is 32.3 Å². The molecule has 0 amide bonds. The highest BCUT2D eigenvalue weighted by atomic mass is 16.1. The van der Waals surface area contributed by atoms with Crippen LogP contribution < -0.4 is 5.32 Å². The van der Waals surface area contributed by atoms with Crippen LogP contribution in [0.4, 0.5) is 0 Å². The lowest BCUT2D eigenvalue weighted by Crippen LogP contribution is -2.23. The van der Waals surface area contributed by atoms with Crippen LogP contribution in [0.1, 0.15) is 34.3 Å². The molecule has 0 bridgehead atoms. The van der Waals surface area contributed by atoms with Gasteiger partial charge in [-0.05, 0) is 42.9 Å². The fraction of sp³-hybridized carbons (Fsp3) is 0.312. The number of rotatable bonds is 3. The SMILES string of the molecule is O=C(CN1C=CNC=C1)c1ccc2c(c1)CCCC2. The summed E-state index contributed by atoms with van der Waals surface area (Å²) in [6, 6.07) is 6.19. The Morgan fingerprint density at radius 1 is 1.11 bits per heavy atom. The molecule has 0 saturated carbocycles. The fourth-order valence-corrected chi connectivity index (χ4v) is 2.65. The molecule has 1 aliphatic heterocycles. The van der Waals surface area contributed by atoms with Crippen LogP contribution in [0.15, 0.2) is 43.0 Å². The highest BCUT2D eigenvalue weighted by Gasteiger charge is 2.14. The van der Waals surface area contributed by atoms with Gasteiger partial charge >= 0.3 is 0 Å². The monoisotopic (exact) mass is 254 g/mol. The van der Waals surface area contributed by atoms with Crippen LogP contribution >= 0.6 is 0 Å². The molecule has 1 aromatic rings. The second-order valence-electron chi connectivity index (χ2n) is 5.08. The Bertz CT molecular complexity index is 534. The van der Waals surface area contributed by atoms with E-state index in [0.717, 1.165) is 18.4 Å². The summed E-state index contributed by atoms with van der Waals surface area (Å²) in [5.74, 6) is 0.171. The highest BCUT2D eigenvalue weighted by Crippen LogP contribution is 2.22. The Morgan fingerprint density at radius 2 is 1.84 bits per heavy atom. The second-order valence-corrected chi connectivity index (χ2v) is 5.08. The molecule has 98 valence electrons. The lowest BCUT2D eigenvalue weighted by atomic mass is 9.90. The smallest absolute Gasteiger partial charge is 0.182 e. The predicted octanol–water partition coefficient (Wildman–Crippen LogP) is 2.60. The number of fused-ring (bicyclic) bond motifs is 1. The Hall–Kier alpha value is -2.03. The summed E-state index contributed by atoms with van der Waals surface area (Å²) in [7, 11) is 0. The molecule has 3 heteroatoms. The molecule has 0 fully saturated rings. The van der Waals surface area contributed by atoms with Gasteiger partial charge in [0.1, 0.15) is 0 Å². The molecular weight excluding hydrogens is 236 g/mol. The van der Waals surface area contributed by atoms with E-state index in [1.54, 1.807) is 0 Å². The third kappa shape index (κ3) is 2.70. The quantitative estimate of drug-likeness (QED) is 0.841. The summed E-state index contributed by atoms with van der Waals surface area (Å²) in [6.45, 7) is 0.396. The van der Waals surface area contributed by atoms with Crippen molar-refractivity contribution in [2.75, 3.05) is 6.54 Å². The number of benzene rings is 1. The summed E-state index contributed by atoms with van der Waals surface area (Å²) in [5, 5.41) is 2.95. The van der Waals surface area contributed by atoms with Gasteiger partial charge in [0.25, 0.3) is 0 Å². The molecule has 0 saturated heterocycles. The maximum Gasteiger partial charge on any atom is 0.182 e. The summed E-state index contributed by atoms with van der Waals surface area (Å²) in [6.07, 6.45) is 12.2. The minimum Gasteiger partial charge on any atom is -0.365 e. The van der Waals surface area contributed by atoms with Crippen LogP contribution in [0.2, 0.25) is 0 Å². The first-order valence-corrected chi connectivity index (χ1v) is 6.83. The lowest BCUT2D eigenvalue weighted by Gasteiger charge is -2.19. The third-order valence-electron chi connectivity index (χ3n) is 3.72. The molecule has 0 spiro atoms. The van der Waals surface area contributed by atoms with Crippen LogP contribution in [0.3, 0.4) is 0 Å². The lowest BCUT2D eigenvalue weighted by molar-refractivity contribution is 0.0969. The summed E-state index contributed by atoms with van der Waals surface area (Å²) >= 11 is 0. The van der Waals surface area contributed by atoms with Gasteiger partial charge in [-0.25, -0.2) is 0 Å². The van der Waals surface area contributed by atoms with E-state index >= 15 is 0 Å². The molecule has 3 rings (SSSR count). The number of nitrogens with zero attached hydrogens (tertiary/aromatic N) is 1. The van der Waals surface area contributed by atoms with Crippen molar-refractivity contribution in [3.8, 4) is 0 Å². The van der Waals surface area contributed by atoms with Crippen LogP contribution in [-0.4, -0.2) is 17.2 Å². The fourth-order valence-electron chi connectivity index (χ4n) is 2.65. The molecule has 0 atom stereocenters. The first-order chi connectivity index (χ1) is 9.33. The third-order valence-corrected chi connectivity index (χ3v) is 3.72. The number of hydrogen-bond acceptors (Lipinski definition) is 3. The average molecular weight is 254 g/mol. The van der Waals surface area contributed by atoms with E-state index in [-0.39, 0.29) is 5.78 Å². The maximum atomic E-state index is 12.3. The number of carbonyl (C=O) groups excluding carboxylic acids is 1. The first kappa shape index (κ1) is 12.0. The van der Waals surface area contributed by atoms with Crippen molar-refractivity contribution in [1.82, 2.24) is 10.2 Å². The molecule has 1 N–H and O–H groups in total. The molecule has 1 heterocycles. The van der Waals surface area contributed by atoms with Gasteiger partial charge < -0.3 is 10.2 Å². The van der Waals surface area contributed by atoms with Crippen LogP contribution in [0.25, 0.3) is 0 Å². The minimum absolute atomic E-state index is 0.171. The van der Waals surface area contributed by atoms with E-state index in [1.165, 1.54) is 24.0 Å². The van der Waals surface area contributed by atoms with Crippen molar-refractivity contribution >= 4 is 5.78 Å². The number of aryl methyl sites for hydroxylation is 2. The van der Waals surface area contributed by atoms with Crippen molar-refractivity contribution in [3.05, 3.63) is 59.7 Å². The van der Waals surface area contributed by atoms with Crippen molar-refractivity contribution < 1.29 is 4.79 Å². The Morgan fingerprint density at radius 3 is 2.63 bits per heavy atom. The van der Waals surface area contributed by atoms with E-state index in [4.69, 9.17) is 0 Å². The average Bonchev–Trinajstić information content (AvgIpc) is 2.48. The standard InChI is InChI=1S/C16H18N2O/c19-16(12-18-9-7-17-8-10-18)15-6-5-13-3-1-2-4-14(13)11-15/h5-11,17H,1-4,12H2. The zero-order chi connectivity index (χ0) is 13.1. The van der Waals surface area contributed by atoms with E-state index in [2.05, 4.69) is 17.4 Å². The first-order valence-electron chi connectivity index (χ1n) is 6.83. The molecule has 0 radical (unpaired) electrons. The van der Waals surface area contributed by atoms with Gasteiger partial charge in [0.15, 0.2) is 5.78 Å². The number of carbonyl (C=O) groups is 1. The van der Waals surface area contributed by atoms with Gasteiger partial charge in [0.05, 0.1) is 6.54 Å². The molecule has 0 unspecified atom stereocenters. The highest BCUT2D eigenvalue weighted by molar-refractivity contribution is 5.98. The largest absolute Gasteiger partial charge is 0.365 e. The van der Waals surface area contributed by atoms with Gasteiger partial charge in [-0.15, -0.1) is 0 Å². The molecular formula is C16H18N2O. The van der Waals surface area contributed by atoms with E-state index in [1.807, 2.05) is 35.8 Å². The van der Waals surface area contributed by atoms with Crippen molar-refractivity contribution in [2.24, 2.45) is 0 Å². The van der Waals surface area contributed by atoms with E-state index in [0.29, 0.717) is 6.54 Å². The van der Waals surface area contributed by atoms with Gasteiger partial charge in [0.2, 0.25) is 0 Å². The number of nitrogens with one attached hydrogen (secondary N) is 1. The Balaban J connectivity index is 1.74. The van der Waals surface area contributed by atoms with Crippen molar-refractivity contribution in [3.63, 3.8) is 0 Å². The van der Waals surface area contributed by atoms with E-state index in [9.17, 15) is 4.79 Å². The molecule has 0 aromatic heterocycles. The van der Waals surface area contributed by atoms with Crippen molar-refractivity contribution in [2.45, 2.75) is 25.7 Å². The molecule has 1 aromatic carbocycles. The Labute approximate surface area is 113 Å². The van der Waals surface area contributed by atoms with Crippen LogP contribution in [0, 0.1) is 0 Å². The second kappa shape index (κ2) is 5.31. The predicted molar refractivity (Wildman–Crippen MR) is 75.5 cm³/mol. The van der Waals surface area contributed by atoms with E-state index < -0.39 is 0 Å². The number of hydrogen-bond donors (Lipinski definition) is 1. The normalized spacial score (nSPS) is 16.9. The van der Waals surface area contributed by atoms with Gasteiger partial charge in [-0.3, -0.25) is 4.79 Å². The van der Waals surface area contributed by atoms with Crippen LogP contribution in [0.5, 0.6) is 0 Å². The zero-order valence-corrected chi connectivity index (χ0v) is 10.9. The summed E-state index contributed by atoms with van der Waals surface area (Å²) < 4.78 is 0. The van der Waals surface area contributed by atoms with Gasteiger partial charge in [-0.1, -0.05) is 12.1 Å². The van der Waals surface area contributed by atoms with Gasteiger partial charge in [0, 0.05) is 30.4 Å². The minimum atomic E-state index is 0.171. The van der Waals surface area contributed by atoms with Gasteiger partial charge in [-0.2, -0.15) is 0 Å². The summed E-state index contributed by atoms with van der Waals surface area (Å²) in [4.78, 5) is 14.2. The molecule has 2 aliphatic rings. The van der Waals surface area contributed by atoms with Crippen LogP contribution in [-0.2, 0) is 12.8 Å². The molecule has 1 aliphatic carbocycles. The van der Waals surface area contributed by atoms with Crippen molar-refractivity contribution in [1.29, 1.82) is 0 Å². The number of ketones is 1. The molecule has 19 heavy (non-hydrogen) atoms.